The summed E-state index contributed by atoms with van der Waals surface area (Å²) in [5.41, 5.74) is 3.48. The standard InChI is InChI=1S/C9H8F5N.ClH/c10-4-8(15)6-2-1-5(11)3-7(6)9(12,13)14;/h1-3,8H,4,15H2;1H/t8-;/m1./s1. The minimum absolute atomic E-state index is 0. The molecule has 0 aliphatic rings. The predicted molar refractivity (Wildman–Crippen MR) is 51.6 cm³/mol. The molecule has 1 nitrogen and oxygen atoms in total. The van der Waals surface area contributed by atoms with Crippen molar-refractivity contribution in [2.24, 2.45) is 5.73 Å². The highest BCUT2D eigenvalue weighted by Gasteiger charge is 2.35. The lowest BCUT2D eigenvalue weighted by atomic mass is 10.0. The number of alkyl halides is 4. The monoisotopic (exact) mass is 261 g/mol. The molecule has 7 heteroatoms. The van der Waals surface area contributed by atoms with E-state index in [9.17, 15) is 22.0 Å². The van der Waals surface area contributed by atoms with Gasteiger partial charge in [0.1, 0.15) is 12.5 Å². The molecule has 1 atom stereocenters. The quantitative estimate of drug-likeness (QED) is 0.813. The molecule has 0 spiro atoms. The SMILES string of the molecule is Cl.N[C@H](CF)c1ccc(F)cc1C(F)(F)F. The number of hydrogen-bond acceptors (Lipinski definition) is 1. The van der Waals surface area contributed by atoms with Crippen LogP contribution in [-0.4, -0.2) is 6.67 Å². The Labute approximate surface area is 94.8 Å². The van der Waals surface area contributed by atoms with Crippen LogP contribution >= 0.6 is 12.4 Å². The minimum Gasteiger partial charge on any atom is -0.322 e. The van der Waals surface area contributed by atoms with Crippen LogP contribution in [0.15, 0.2) is 18.2 Å². The summed E-state index contributed by atoms with van der Waals surface area (Å²) in [7, 11) is 0. The van der Waals surface area contributed by atoms with Crippen molar-refractivity contribution >= 4 is 12.4 Å². The van der Waals surface area contributed by atoms with Crippen molar-refractivity contribution in [3.8, 4) is 0 Å². The van der Waals surface area contributed by atoms with Crippen molar-refractivity contribution in [2.45, 2.75) is 12.2 Å². The van der Waals surface area contributed by atoms with Gasteiger partial charge in [0.25, 0.3) is 0 Å². The van der Waals surface area contributed by atoms with Gasteiger partial charge in [-0.05, 0) is 17.7 Å². The van der Waals surface area contributed by atoms with Crippen molar-refractivity contribution in [1.82, 2.24) is 0 Å². The van der Waals surface area contributed by atoms with Gasteiger partial charge in [0.15, 0.2) is 0 Å². The van der Waals surface area contributed by atoms with Crippen LogP contribution in [0.2, 0.25) is 0 Å². The zero-order valence-corrected chi connectivity index (χ0v) is 8.71. The Hall–Kier alpha value is -0.880. The number of halogens is 6. The van der Waals surface area contributed by atoms with Gasteiger partial charge in [-0.15, -0.1) is 12.4 Å². The maximum absolute atomic E-state index is 12.6. The van der Waals surface area contributed by atoms with E-state index in [0.29, 0.717) is 6.07 Å². The smallest absolute Gasteiger partial charge is 0.322 e. The number of hydrogen-bond donors (Lipinski definition) is 1. The Bertz CT molecular complexity index is 352. The minimum atomic E-state index is -4.73. The molecule has 0 bridgehead atoms. The maximum atomic E-state index is 12.6. The fourth-order valence-corrected chi connectivity index (χ4v) is 1.18. The van der Waals surface area contributed by atoms with Crippen molar-refractivity contribution in [2.75, 3.05) is 6.67 Å². The first-order valence-electron chi connectivity index (χ1n) is 4.04. The third-order valence-electron chi connectivity index (χ3n) is 1.89. The van der Waals surface area contributed by atoms with Crippen LogP contribution in [0.25, 0.3) is 0 Å². The van der Waals surface area contributed by atoms with E-state index >= 15 is 0 Å². The maximum Gasteiger partial charge on any atom is 0.416 e. The zero-order chi connectivity index (χ0) is 11.6. The average molecular weight is 262 g/mol. The molecular weight excluding hydrogens is 253 g/mol. The molecule has 0 unspecified atom stereocenters. The van der Waals surface area contributed by atoms with E-state index < -0.39 is 35.8 Å². The lowest BCUT2D eigenvalue weighted by Crippen LogP contribution is -2.19. The lowest BCUT2D eigenvalue weighted by molar-refractivity contribution is -0.138. The third kappa shape index (κ3) is 3.31. The van der Waals surface area contributed by atoms with Crippen molar-refractivity contribution in [1.29, 1.82) is 0 Å². The zero-order valence-electron chi connectivity index (χ0n) is 7.89. The summed E-state index contributed by atoms with van der Waals surface area (Å²) in [5, 5.41) is 0. The van der Waals surface area contributed by atoms with E-state index in [1.807, 2.05) is 0 Å². The molecule has 0 aromatic heterocycles. The van der Waals surface area contributed by atoms with Crippen molar-refractivity contribution in [3.63, 3.8) is 0 Å². The van der Waals surface area contributed by atoms with E-state index in [2.05, 4.69) is 0 Å². The number of benzene rings is 1. The molecule has 0 aliphatic carbocycles. The van der Waals surface area contributed by atoms with Gasteiger partial charge in [0.2, 0.25) is 0 Å². The summed E-state index contributed by atoms with van der Waals surface area (Å²) >= 11 is 0. The molecule has 0 fully saturated rings. The topological polar surface area (TPSA) is 26.0 Å². The molecule has 16 heavy (non-hydrogen) atoms. The van der Waals surface area contributed by atoms with Gasteiger partial charge in [0, 0.05) is 0 Å². The van der Waals surface area contributed by atoms with Crippen LogP contribution in [0, 0.1) is 5.82 Å². The van der Waals surface area contributed by atoms with Gasteiger partial charge in [-0.3, -0.25) is 0 Å². The van der Waals surface area contributed by atoms with Crippen LogP contribution in [0.3, 0.4) is 0 Å². The van der Waals surface area contributed by atoms with Gasteiger partial charge in [-0.2, -0.15) is 13.2 Å². The Morgan fingerprint density at radius 3 is 2.25 bits per heavy atom. The number of nitrogens with two attached hydrogens (primary N) is 1. The third-order valence-corrected chi connectivity index (χ3v) is 1.89. The van der Waals surface area contributed by atoms with E-state index in [1.54, 1.807) is 0 Å². The summed E-state index contributed by atoms with van der Waals surface area (Å²) < 4.78 is 61.9. The Morgan fingerprint density at radius 1 is 1.25 bits per heavy atom. The van der Waals surface area contributed by atoms with E-state index in [4.69, 9.17) is 5.73 Å². The largest absolute Gasteiger partial charge is 0.416 e. The molecular formula is C9H9ClF5N. The van der Waals surface area contributed by atoms with E-state index in [1.165, 1.54) is 0 Å². The van der Waals surface area contributed by atoms with Gasteiger partial charge >= 0.3 is 6.18 Å². The van der Waals surface area contributed by atoms with E-state index in [-0.39, 0.29) is 12.4 Å². The molecule has 2 N–H and O–H groups in total. The van der Waals surface area contributed by atoms with Crippen LogP contribution in [-0.2, 0) is 6.18 Å². The fraction of sp³-hybridized carbons (Fsp3) is 0.333. The van der Waals surface area contributed by atoms with Crippen LogP contribution in [0.1, 0.15) is 17.2 Å². The molecule has 0 saturated heterocycles. The highest BCUT2D eigenvalue weighted by Crippen LogP contribution is 2.34. The number of rotatable bonds is 2. The molecule has 0 radical (unpaired) electrons. The van der Waals surface area contributed by atoms with Gasteiger partial charge in [-0.1, -0.05) is 6.07 Å². The van der Waals surface area contributed by atoms with Crippen molar-refractivity contribution in [3.05, 3.63) is 35.1 Å². The normalized spacial score (nSPS) is 13.1. The summed E-state index contributed by atoms with van der Waals surface area (Å²) in [6, 6.07) is 0.593. The Morgan fingerprint density at radius 2 is 1.81 bits per heavy atom. The molecule has 0 saturated carbocycles. The molecule has 1 rings (SSSR count). The van der Waals surface area contributed by atoms with Crippen LogP contribution in [0.4, 0.5) is 22.0 Å². The summed E-state index contributed by atoms with van der Waals surface area (Å²) in [4.78, 5) is 0. The van der Waals surface area contributed by atoms with Gasteiger partial charge < -0.3 is 5.73 Å². The predicted octanol–water partition coefficient (Wildman–Crippen LogP) is 3.24. The first-order valence-corrected chi connectivity index (χ1v) is 4.04. The molecule has 92 valence electrons. The molecule has 0 aliphatic heterocycles. The second kappa shape index (κ2) is 5.45. The molecule has 1 aromatic rings. The van der Waals surface area contributed by atoms with Gasteiger partial charge in [-0.25, -0.2) is 8.78 Å². The van der Waals surface area contributed by atoms with Crippen LogP contribution in [0.5, 0.6) is 0 Å². The first-order chi connectivity index (χ1) is 6.86. The Balaban J connectivity index is 0.00000225. The summed E-state index contributed by atoms with van der Waals surface area (Å²) in [5.74, 6) is -1.03. The molecule has 1 aromatic carbocycles. The van der Waals surface area contributed by atoms with Crippen LogP contribution < -0.4 is 5.73 Å². The summed E-state index contributed by atoms with van der Waals surface area (Å²) in [6.45, 7) is -1.13. The van der Waals surface area contributed by atoms with E-state index in [0.717, 1.165) is 12.1 Å². The average Bonchev–Trinajstić information content (AvgIpc) is 2.15. The lowest BCUT2D eigenvalue weighted by Gasteiger charge is -2.15. The van der Waals surface area contributed by atoms with Crippen molar-refractivity contribution < 1.29 is 22.0 Å². The highest BCUT2D eigenvalue weighted by molar-refractivity contribution is 5.85. The summed E-state index contributed by atoms with van der Waals surface area (Å²) in [6.07, 6.45) is -4.73. The second-order valence-electron chi connectivity index (χ2n) is 2.99. The first kappa shape index (κ1) is 15.1. The fourth-order valence-electron chi connectivity index (χ4n) is 1.18. The second-order valence-corrected chi connectivity index (χ2v) is 2.99. The molecule has 0 heterocycles. The molecule has 0 amide bonds. The van der Waals surface area contributed by atoms with Gasteiger partial charge in [0.05, 0.1) is 11.6 Å². The Kier molecular flexibility index (Phi) is 5.15. The highest BCUT2D eigenvalue weighted by atomic mass is 35.5.